The molecule has 0 heterocycles. The number of benzene rings is 1. The molecule has 2 bridgehead atoms. The fourth-order valence-electron chi connectivity index (χ4n) is 1.58. The van der Waals surface area contributed by atoms with E-state index in [9.17, 15) is 0 Å². The lowest BCUT2D eigenvalue weighted by atomic mass is 10.1. The van der Waals surface area contributed by atoms with Gasteiger partial charge in [0.05, 0.1) is 0 Å². The second kappa shape index (κ2) is 2.00. The van der Waals surface area contributed by atoms with Crippen LogP contribution in [0.3, 0.4) is 0 Å². The van der Waals surface area contributed by atoms with Crippen molar-refractivity contribution in [3.8, 4) is 0 Å². The van der Waals surface area contributed by atoms with Gasteiger partial charge in [0.25, 0.3) is 0 Å². The van der Waals surface area contributed by atoms with Gasteiger partial charge in [0.15, 0.2) is 0 Å². The molecule has 0 radical (unpaired) electrons. The van der Waals surface area contributed by atoms with Crippen LogP contribution in [0.5, 0.6) is 0 Å². The maximum absolute atomic E-state index is 6.04. The summed E-state index contributed by atoms with van der Waals surface area (Å²) in [5.41, 5.74) is 2.63. The molecule has 0 amide bonds. The predicted molar refractivity (Wildman–Crippen MR) is 43.6 cm³/mol. The molecule has 0 aromatic heterocycles. The van der Waals surface area contributed by atoms with Crippen LogP contribution in [-0.2, 0) is 6.42 Å². The van der Waals surface area contributed by atoms with Crippen molar-refractivity contribution in [3.05, 3.63) is 34.3 Å². The van der Waals surface area contributed by atoms with Gasteiger partial charge in [-0.25, -0.2) is 0 Å². The highest BCUT2D eigenvalue weighted by Crippen LogP contribution is 2.37. The standard InChI is InChI=1S/C9H9Cl/c1-6-5-7-3-2-4-8(6)9(7)10/h2-4,6H,5H2,1H3. The molecule has 52 valence electrons. The molecule has 0 fully saturated rings. The first-order valence-corrected chi connectivity index (χ1v) is 3.94. The zero-order valence-electron chi connectivity index (χ0n) is 5.89. The number of rotatable bonds is 0. The van der Waals surface area contributed by atoms with Crippen LogP contribution < -0.4 is 0 Å². The summed E-state index contributed by atoms with van der Waals surface area (Å²) in [7, 11) is 0. The van der Waals surface area contributed by atoms with E-state index in [1.165, 1.54) is 11.1 Å². The highest BCUT2D eigenvalue weighted by Gasteiger charge is 2.20. The quantitative estimate of drug-likeness (QED) is 0.536. The fourth-order valence-corrected chi connectivity index (χ4v) is 1.97. The summed E-state index contributed by atoms with van der Waals surface area (Å²) in [6.07, 6.45) is 1.13. The average molecular weight is 153 g/mol. The maximum Gasteiger partial charge on any atom is 0.0473 e. The number of fused-ring (bicyclic) bond motifs is 2. The highest BCUT2D eigenvalue weighted by atomic mass is 35.5. The minimum atomic E-state index is 0.637. The molecule has 0 nitrogen and oxygen atoms in total. The summed E-state index contributed by atoms with van der Waals surface area (Å²) in [4.78, 5) is 0. The number of hydrogen-bond acceptors (Lipinski definition) is 0. The molecule has 2 rings (SSSR count). The molecule has 0 aliphatic heterocycles. The second-order valence-corrected chi connectivity index (χ2v) is 3.30. The van der Waals surface area contributed by atoms with Crippen LogP contribution in [0.4, 0.5) is 0 Å². The minimum Gasteiger partial charge on any atom is -0.0837 e. The first-order valence-electron chi connectivity index (χ1n) is 3.56. The number of hydrogen-bond donors (Lipinski definition) is 0. The smallest absolute Gasteiger partial charge is 0.0473 e. The molecule has 1 heteroatoms. The van der Waals surface area contributed by atoms with Gasteiger partial charge in [-0.05, 0) is 23.5 Å². The van der Waals surface area contributed by atoms with Crippen molar-refractivity contribution < 1.29 is 0 Å². The third-order valence-electron chi connectivity index (χ3n) is 2.17. The van der Waals surface area contributed by atoms with Gasteiger partial charge in [-0.2, -0.15) is 0 Å². The monoisotopic (exact) mass is 152 g/mol. The summed E-state index contributed by atoms with van der Waals surface area (Å²) < 4.78 is 0. The Labute approximate surface area is 65.8 Å². The van der Waals surface area contributed by atoms with Crippen molar-refractivity contribution in [1.82, 2.24) is 0 Å². The molecule has 10 heavy (non-hydrogen) atoms. The summed E-state index contributed by atoms with van der Waals surface area (Å²) in [5.74, 6) is 0.637. The van der Waals surface area contributed by atoms with E-state index in [0.717, 1.165) is 11.4 Å². The van der Waals surface area contributed by atoms with Gasteiger partial charge in [0.1, 0.15) is 0 Å². The van der Waals surface area contributed by atoms with Crippen LogP contribution in [0.1, 0.15) is 24.0 Å². The summed E-state index contributed by atoms with van der Waals surface area (Å²) in [6, 6.07) is 6.30. The Morgan fingerprint density at radius 2 is 2.30 bits per heavy atom. The molecule has 0 spiro atoms. The molecule has 1 unspecified atom stereocenters. The van der Waals surface area contributed by atoms with Gasteiger partial charge in [-0.3, -0.25) is 0 Å². The van der Waals surface area contributed by atoms with Crippen molar-refractivity contribution in [2.45, 2.75) is 19.3 Å². The van der Waals surface area contributed by atoms with Crippen LogP contribution in [0.2, 0.25) is 5.02 Å². The largest absolute Gasteiger partial charge is 0.0837 e. The Kier molecular flexibility index (Phi) is 1.24. The zero-order chi connectivity index (χ0) is 7.14. The zero-order valence-corrected chi connectivity index (χ0v) is 6.65. The van der Waals surface area contributed by atoms with E-state index in [-0.39, 0.29) is 0 Å². The van der Waals surface area contributed by atoms with Crippen molar-refractivity contribution in [3.63, 3.8) is 0 Å². The van der Waals surface area contributed by atoms with Gasteiger partial charge in [0, 0.05) is 5.02 Å². The van der Waals surface area contributed by atoms with E-state index >= 15 is 0 Å². The van der Waals surface area contributed by atoms with E-state index in [2.05, 4.69) is 25.1 Å². The highest BCUT2D eigenvalue weighted by molar-refractivity contribution is 6.32. The normalized spacial score (nSPS) is 21.6. The van der Waals surface area contributed by atoms with Gasteiger partial charge >= 0.3 is 0 Å². The van der Waals surface area contributed by atoms with Gasteiger partial charge in [-0.15, -0.1) is 0 Å². The first kappa shape index (κ1) is 6.23. The van der Waals surface area contributed by atoms with Gasteiger partial charge < -0.3 is 0 Å². The molecule has 1 atom stereocenters. The molecule has 1 aromatic rings. The van der Waals surface area contributed by atoms with E-state index in [0.29, 0.717) is 5.92 Å². The van der Waals surface area contributed by atoms with Crippen LogP contribution in [0.25, 0.3) is 0 Å². The van der Waals surface area contributed by atoms with Crippen molar-refractivity contribution in [2.75, 3.05) is 0 Å². The number of halogens is 1. The molecule has 1 aliphatic rings. The summed E-state index contributed by atoms with van der Waals surface area (Å²) in [5, 5.41) is 0.995. The third kappa shape index (κ3) is 0.688. The van der Waals surface area contributed by atoms with Crippen LogP contribution >= 0.6 is 11.6 Å². The van der Waals surface area contributed by atoms with Crippen molar-refractivity contribution >= 4 is 11.6 Å². The lowest BCUT2D eigenvalue weighted by molar-refractivity contribution is 0.802. The van der Waals surface area contributed by atoms with Crippen LogP contribution in [-0.4, -0.2) is 0 Å². The SMILES string of the molecule is CC1Cc2cccc1c2Cl. The average Bonchev–Trinajstić information content (AvgIpc) is 2.16. The maximum atomic E-state index is 6.04. The van der Waals surface area contributed by atoms with Gasteiger partial charge in [-0.1, -0.05) is 36.7 Å². The Bertz CT molecular complexity index is 265. The van der Waals surface area contributed by atoms with E-state index in [1.54, 1.807) is 0 Å². The predicted octanol–water partition coefficient (Wildman–Crippen LogP) is 3.00. The fraction of sp³-hybridized carbons (Fsp3) is 0.333. The van der Waals surface area contributed by atoms with Crippen LogP contribution in [0, 0.1) is 0 Å². The molecular weight excluding hydrogens is 144 g/mol. The molecule has 1 aromatic carbocycles. The van der Waals surface area contributed by atoms with Gasteiger partial charge in [0.2, 0.25) is 0 Å². The Balaban J connectivity index is 2.65. The molecule has 1 aliphatic carbocycles. The molecule has 0 N–H and O–H groups in total. The van der Waals surface area contributed by atoms with E-state index < -0.39 is 0 Å². The van der Waals surface area contributed by atoms with Crippen molar-refractivity contribution in [2.24, 2.45) is 0 Å². The first-order chi connectivity index (χ1) is 4.79. The minimum absolute atomic E-state index is 0.637. The Hall–Kier alpha value is -0.490. The Morgan fingerprint density at radius 1 is 1.50 bits per heavy atom. The molecular formula is C9H9Cl. The summed E-state index contributed by atoms with van der Waals surface area (Å²) >= 11 is 6.04. The van der Waals surface area contributed by atoms with E-state index in [1.807, 2.05) is 0 Å². The van der Waals surface area contributed by atoms with Crippen molar-refractivity contribution in [1.29, 1.82) is 0 Å². The summed E-state index contributed by atoms with van der Waals surface area (Å²) in [6.45, 7) is 2.22. The lowest BCUT2D eigenvalue weighted by Crippen LogP contribution is -1.85. The Morgan fingerprint density at radius 3 is 2.90 bits per heavy atom. The van der Waals surface area contributed by atoms with Crippen LogP contribution in [0.15, 0.2) is 18.2 Å². The molecule has 0 saturated heterocycles. The third-order valence-corrected chi connectivity index (χ3v) is 2.63. The second-order valence-electron chi connectivity index (χ2n) is 2.93. The molecule has 0 saturated carbocycles. The lowest BCUT2D eigenvalue weighted by Gasteiger charge is -1.98. The van der Waals surface area contributed by atoms with E-state index in [4.69, 9.17) is 11.6 Å². The topological polar surface area (TPSA) is 0 Å².